The van der Waals surface area contributed by atoms with Gasteiger partial charge >= 0.3 is 0 Å². The Kier molecular flexibility index (Phi) is 5.33. The van der Waals surface area contributed by atoms with Crippen molar-refractivity contribution in [2.45, 2.75) is 46.2 Å². The molecule has 1 rings (SSSR count). The second-order valence-electron chi connectivity index (χ2n) is 4.03. The molecule has 1 unspecified atom stereocenters. The predicted molar refractivity (Wildman–Crippen MR) is 72.2 cm³/mol. The van der Waals surface area contributed by atoms with Crippen LogP contribution in [0.3, 0.4) is 0 Å². The number of Topliss-reactive ketones (excluding diaryl/α,β-unsaturated/α-hetero) is 1. The third kappa shape index (κ3) is 3.16. The fourth-order valence-electron chi connectivity index (χ4n) is 1.67. The van der Waals surface area contributed by atoms with E-state index in [1.54, 1.807) is 7.05 Å². The number of ketones is 1. The summed E-state index contributed by atoms with van der Waals surface area (Å²) in [5.74, 6) is 0.186. The van der Waals surface area contributed by atoms with E-state index in [1.165, 1.54) is 0 Å². The first-order chi connectivity index (χ1) is 8.04. The van der Waals surface area contributed by atoms with E-state index < -0.39 is 0 Å². The van der Waals surface area contributed by atoms with Crippen LogP contribution >= 0.6 is 15.9 Å². The van der Waals surface area contributed by atoms with Gasteiger partial charge in [-0.15, -0.1) is 0 Å². The lowest BCUT2D eigenvalue weighted by atomic mass is 10.1. The van der Waals surface area contributed by atoms with Gasteiger partial charge in [-0.1, -0.05) is 6.92 Å². The lowest BCUT2D eigenvalue weighted by molar-refractivity contribution is -0.120. The third-order valence-corrected chi connectivity index (χ3v) is 3.87. The lowest BCUT2D eigenvalue weighted by Gasteiger charge is -2.10. The van der Waals surface area contributed by atoms with Gasteiger partial charge in [0.15, 0.2) is 5.78 Å². The van der Waals surface area contributed by atoms with Crippen molar-refractivity contribution >= 4 is 21.7 Å². The zero-order valence-corrected chi connectivity index (χ0v) is 12.5. The summed E-state index contributed by atoms with van der Waals surface area (Å²) >= 11 is 3.55. The number of hydrogen-bond donors (Lipinski definition) is 1. The summed E-state index contributed by atoms with van der Waals surface area (Å²) in [6.07, 6.45) is 1.29. The van der Waals surface area contributed by atoms with Crippen molar-refractivity contribution in [3.63, 3.8) is 0 Å². The molecule has 0 fully saturated rings. The number of aromatic nitrogens is 2. The lowest BCUT2D eigenvalue weighted by Crippen LogP contribution is -2.32. The Bertz CT molecular complexity index is 401. The van der Waals surface area contributed by atoms with Gasteiger partial charge in [0.05, 0.1) is 28.3 Å². The first-order valence-electron chi connectivity index (χ1n) is 5.99. The number of rotatable bonds is 6. The van der Waals surface area contributed by atoms with Gasteiger partial charge in [-0.3, -0.25) is 9.48 Å². The number of carbonyl (C=O) groups is 1. The van der Waals surface area contributed by atoms with Gasteiger partial charge in [0.2, 0.25) is 0 Å². The molecule has 96 valence electrons. The standard InChI is InChI=1S/C12H20BrN3O/c1-5-9-12(13)10(16(6-2)15-9)7-11(17)8(3)14-4/h8,14H,5-7H2,1-4H3. The molecule has 1 aromatic heterocycles. The van der Waals surface area contributed by atoms with Gasteiger partial charge in [0.25, 0.3) is 0 Å². The quantitative estimate of drug-likeness (QED) is 0.873. The van der Waals surface area contributed by atoms with Crippen LogP contribution in [0.4, 0.5) is 0 Å². The Hall–Kier alpha value is -0.680. The van der Waals surface area contributed by atoms with Gasteiger partial charge in [-0.05, 0) is 43.2 Å². The molecule has 1 aromatic rings. The molecule has 0 amide bonds. The number of likely N-dealkylation sites (N-methyl/N-ethyl adjacent to an activating group) is 1. The van der Waals surface area contributed by atoms with Gasteiger partial charge in [-0.25, -0.2) is 0 Å². The Balaban J connectivity index is 2.97. The molecule has 1 heterocycles. The zero-order chi connectivity index (χ0) is 13.0. The number of aryl methyl sites for hydroxylation is 2. The molecule has 5 heteroatoms. The number of carbonyl (C=O) groups excluding carboxylic acids is 1. The monoisotopic (exact) mass is 301 g/mol. The Morgan fingerprint density at radius 1 is 1.53 bits per heavy atom. The molecule has 0 bridgehead atoms. The van der Waals surface area contributed by atoms with Crippen molar-refractivity contribution < 1.29 is 4.79 Å². The average molecular weight is 302 g/mol. The number of nitrogens with zero attached hydrogens (tertiary/aromatic N) is 2. The summed E-state index contributed by atoms with van der Waals surface area (Å²) in [5.41, 5.74) is 2.00. The van der Waals surface area contributed by atoms with Crippen LogP contribution < -0.4 is 5.32 Å². The predicted octanol–water partition coefficient (Wildman–Crippen LogP) is 1.95. The fourth-order valence-corrected chi connectivity index (χ4v) is 2.37. The summed E-state index contributed by atoms with van der Waals surface area (Å²) < 4.78 is 2.89. The molecule has 1 atom stereocenters. The maximum atomic E-state index is 11.9. The molecule has 0 spiro atoms. The molecule has 0 aliphatic rings. The van der Waals surface area contributed by atoms with Crippen LogP contribution in [0.1, 0.15) is 32.2 Å². The molecular formula is C12H20BrN3O. The Morgan fingerprint density at radius 2 is 2.18 bits per heavy atom. The van der Waals surface area contributed by atoms with Crippen molar-refractivity contribution in [3.05, 3.63) is 15.9 Å². The van der Waals surface area contributed by atoms with Crippen molar-refractivity contribution in [3.8, 4) is 0 Å². The van der Waals surface area contributed by atoms with E-state index in [9.17, 15) is 4.79 Å². The fraction of sp³-hybridized carbons (Fsp3) is 0.667. The highest BCUT2D eigenvalue weighted by atomic mass is 79.9. The van der Waals surface area contributed by atoms with E-state index in [0.29, 0.717) is 6.42 Å². The van der Waals surface area contributed by atoms with Gasteiger partial charge < -0.3 is 5.32 Å². The summed E-state index contributed by atoms with van der Waals surface area (Å²) in [4.78, 5) is 11.9. The summed E-state index contributed by atoms with van der Waals surface area (Å²) in [6.45, 7) is 6.77. The minimum atomic E-state index is -0.118. The van der Waals surface area contributed by atoms with E-state index in [2.05, 4.69) is 33.3 Å². The maximum Gasteiger partial charge on any atom is 0.155 e. The van der Waals surface area contributed by atoms with Crippen LogP contribution in [0, 0.1) is 0 Å². The molecule has 4 nitrogen and oxygen atoms in total. The number of hydrogen-bond acceptors (Lipinski definition) is 3. The number of halogens is 1. The maximum absolute atomic E-state index is 11.9. The molecule has 1 N–H and O–H groups in total. The molecule has 0 radical (unpaired) electrons. The molecule has 0 aliphatic heterocycles. The van der Waals surface area contributed by atoms with E-state index in [0.717, 1.165) is 28.8 Å². The van der Waals surface area contributed by atoms with Crippen LogP contribution in [0.5, 0.6) is 0 Å². The SMILES string of the molecule is CCc1nn(CC)c(CC(=O)C(C)NC)c1Br. The molecule has 0 saturated carbocycles. The molecule has 0 aromatic carbocycles. The minimum absolute atomic E-state index is 0.118. The number of nitrogens with one attached hydrogen (secondary N) is 1. The highest BCUT2D eigenvalue weighted by Gasteiger charge is 2.19. The Morgan fingerprint density at radius 3 is 2.65 bits per heavy atom. The van der Waals surface area contributed by atoms with Crippen LogP contribution in [-0.4, -0.2) is 28.7 Å². The summed E-state index contributed by atoms with van der Waals surface area (Å²) in [7, 11) is 1.80. The first kappa shape index (κ1) is 14.4. The molecule has 17 heavy (non-hydrogen) atoms. The molecule has 0 aliphatic carbocycles. The largest absolute Gasteiger partial charge is 0.311 e. The second kappa shape index (κ2) is 6.31. The Labute approximate surface area is 111 Å². The first-order valence-corrected chi connectivity index (χ1v) is 6.78. The zero-order valence-electron chi connectivity index (χ0n) is 10.9. The van der Waals surface area contributed by atoms with E-state index in [-0.39, 0.29) is 11.8 Å². The third-order valence-electron chi connectivity index (χ3n) is 2.95. The second-order valence-corrected chi connectivity index (χ2v) is 4.82. The van der Waals surface area contributed by atoms with Crippen molar-refractivity contribution in [1.82, 2.24) is 15.1 Å². The van der Waals surface area contributed by atoms with Crippen LogP contribution in [-0.2, 0) is 24.2 Å². The van der Waals surface area contributed by atoms with Crippen molar-refractivity contribution in [1.29, 1.82) is 0 Å². The van der Waals surface area contributed by atoms with Crippen molar-refractivity contribution in [2.75, 3.05) is 7.05 Å². The van der Waals surface area contributed by atoms with Crippen LogP contribution in [0.2, 0.25) is 0 Å². The van der Waals surface area contributed by atoms with Gasteiger partial charge in [-0.2, -0.15) is 5.10 Å². The molecule has 0 saturated heterocycles. The molecular weight excluding hydrogens is 282 g/mol. The highest BCUT2D eigenvalue weighted by molar-refractivity contribution is 9.10. The van der Waals surface area contributed by atoms with E-state index >= 15 is 0 Å². The van der Waals surface area contributed by atoms with E-state index in [1.807, 2.05) is 18.5 Å². The smallest absolute Gasteiger partial charge is 0.155 e. The van der Waals surface area contributed by atoms with E-state index in [4.69, 9.17) is 0 Å². The summed E-state index contributed by atoms with van der Waals surface area (Å²) in [6, 6.07) is -0.118. The van der Waals surface area contributed by atoms with Gasteiger partial charge in [0.1, 0.15) is 0 Å². The topological polar surface area (TPSA) is 46.9 Å². The average Bonchev–Trinajstić information content (AvgIpc) is 2.65. The van der Waals surface area contributed by atoms with Crippen LogP contribution in [0.25, 0.3) is 0 Å². The van der Waals surface area contributed by atoms with Crippen LogP contribution in [0.15, 0.2) is 4.47 Å². The highest BCUT2D eigenvalue weighted by Crippen LogP contribution is 2.23. The van der Waals surface area contributed by atoms with Crippen molar-refractivity contribution in [2.24, 2.45) is 0 Å². The normalized spacial score (nSPS) is 12.8. The van der Waals surface area contributed by atoms with Gasteiger partial charge in [0, 0.05) is 6.54 Å². The summed E-state index contributed by atoms with van der Waals surface area (Å²) in [5, 5.41) is 7.45. The minimum Gasteiger partial charge on any atom is -0.311 e.